The van der Waals surface area contributed by atoms with E-state index in [-0.39, 0.29) is 0 Å². The number of nitrogens with one attached hydrogen (secondary N) is 2. The van der Waals surface area contributed by atoms with Crippen LogP contribution in [0.1, 0.15) is 12.8 Å². The lowest BCUT2D eigenvalue weighted by Crippen LogP contribution is -2.04. The van der Waals surface area contributed by atoms with E-state index in [1.54, 1.807) is 12.5 Å². The highest BCUT2D eigenvalue weighted by Crippen LogP contribution is 2.24. The van der Waals surface area contributed by atoms with Crippen LogP contribution in [0.25, 0.3) is 0 Å². The normalized spacial score (nSPS) is 14.4. The number of anilines is 3. The Hall–Kier alpha value is -2.17. The van der Waals surface area contributed by atoms with Gasteiger partial charge in [-0.3, -0.25) is 0 Å². The average molecular weight is 227 g/mol. The first kappa shape index (κ1) is 10.0. The van der Waals surface area contributed by atoms with Crippen LogP contribution in [0.5, 0.6) is 0 Å². The van der Waals surface area contributed by atoms with Gasteiger partial charge in [-0.1, -0.05) is 6.07 Å². The quantitative estimate of drug-likeness (QED) is 0.838. The van der Waals surface area contributed by atoms with Gasteiger partial charge >= 0.3 is 0 Å². The molecule has 1 saturated carbocycles. The number of hydrogen-bond donors (Lipinski definition) is 2. The Labute approximate surface area is 99.3 Å². The van der Waals surface area contributed by atoms with Gasteiger partial charge in [0, 0.05) is 18.3 Å². The van der Waals surface area contributed by atoms with Gasteiger partial charge in [0.2, 0.25) is 0 Å². The monoisotopic (exact) mass is 227 g/mol. The number of aromatic nitrogens is 3. The van der Waals surface area contributed by atoms with Gasteiger partial charge < -0.3 is 10.6 Å². The lowest BCUT2D eigenvalue weighted by Gasteiger charge is -2.06. The van der Waals surface area contributed by atoms with Crippen molar-refractivity contribution < 1.29 is 0 Å². The van der Waals surface area contributed by atoms with Crippen molar-refractivity contribution in [1.82, 2.24) is 15.0 Å². The fourth-order valence-electron chi connectivity index (χ4n) is 1.51. The molecule has 86 valence electrons. The van der Waals surface area contributed by atoms with Crippen LogP contribution in [0.2, 0.25) is 0 Å². The van der Waals surface area contributed by atoms with E-state index in [2.05, 4.69) is 25.6 Å². The highest BCUT2D eigenvalue weighted by atomic mass is 15.1. The molecule has 0 saturated heterocycles. The van der Waals surface area contributed by atoms with Crippen LogP contribution in [-0.2, 0) is 0 Å². The molecule has 0 aromatic carbocycles. The summed E-state index contributed by atoms with van der Waals surface area (Å²) in [7, 11) is 0. The van der Waals surface area contributed by atoms with E-state index in [1.165, 1.54) is 12.8 Å². The van der Waals surface area contributed by atoms with Gasteiger partial charge in [0.1, 0.15) is 23.8 Å². The summed E-state index contributed by atoms with van der Waals surface area (Å²) < 4.78 is 0. The number of pyridine rings is 1. The number of hydrogen-bond acceptors (Lipinski definition) is 5. The van der Waals surface area contributed by atoms with E-state index >= 15 is 0 Å². The van der Waals surface area contributed by atoms with Crippen molar-refractivity contribution in [3.63, 3.8) is 0 Å². The second-order valence-electron chi connectivity index (χ2n) is 4.05. The summed E-state index contributed by atoms with van der Waals surface area (Å²) >= 11 is 0. The van der Waals surface area contributed by atoms with Crippen molar-refractivity contribution in [2.75, 3.05) is 10.6 Å². The molecule has 0 bridgehead atoms. The zero-order valence-electron chi connectivity index (χ0n) is 9.30. The molecule has 1 aliphatic rings. The molecule has 2 N–H and O–H groups in total. The van der Waals surface area contributed by atoms with Gasteiger partial charge in [0.05, 0.1) is 0 Å². The first-order valence-electron chi connectivity index (χ1n) is 5.67. The number of nitrogens with zero attached hydrogens (tertiary/aromatic N) is 3. The van der Waals surface area contributed by atoms with Gasteiger partial charge in [0.15, 0.2) is 0 Å². The maximum absolute atomic E-state index is 4.19. The molecule has 0 spiro atoms. The predicted octanol–water partition coefficient (Wildman–Crippen LogP) is 2.19. The molecule has 0 atom stereocenters. The van der Waals surface area contributed by atoms with Crippen LogP contribution in [0.4, 0.5) is 17.5 Å². The molecular formula is C12H13N5. The minimum atomic E-state index is 0.590. The SMILES string of the molecule is c1ccc(Nc2cc(NC3CC3)ncn2)nc1. The Bertz CT molecular complexity index is 495. The molecule has 1 fully saturated rings. The summed E-state index contributed by atoms with van der Waals surface area (Å²) in [4.78, 5) is 12.5. The third kappa shape index (κ3) is 2.69. The lowest BCUT2D eigenvalue weighted by molar-refractivity contribution is 1.08. The van der Waals surface area contributed by atoms with Crippen molar-refractivity contribution in [3.05, 3.63) is 36.8 Å². The lowest BCUT2D eigenvalue weighted by atomic mass is 10.4. The minimum absolute atomic E-state index is 0.590. The molecule has 17 heavy (non-hydrogen) atoms. The second-order valence-corrected chi connectivity index (χ2v) is 4.05. The van der Waals surface area contributed by atoms with Crippen molar-refractivity contribution in [2.24, 2.45) is 0 Å². The topological polar surface area (TPSA) is 62.7 Å². The standard InChI is InChI=1S/C12H13N5/c1-2-6-13-10(3-1)17-12-7-11(14-8-15-12)16-9-4-5-9/h1-3,6-9H,4-5H2,(H2,13,14,15,16,17). The maximum Gasteiger partial charge on any atom is 0.137 e. The Morgan fingerprint density at radius 3 is 2.65 bits per heavy atom. The van der Waals surface area contributed by atoms with E-state index in [1.807, 2.05) is 24.3 Å². The molecule has 2 aromatic heterocycles. The van der Waals surface area contributed by atoms with E-state index in [0.717, 1.165) is 17.5 Å². The Kier molecular flexibility index (Phi) is 2.57. The summed E-state index contributed by atoms with van der Waals surface area (Å²) in [6, 6.07) is 8.20. The maximum atomic E-state index is 4.19. The zero-order chi connectivity index (χ0) is 11.5. The summed E-state index contributed by atoms with van der Waals surface area (Å²) in [6.45, 7) is 0. The van der Waals surface area contributed by atoms with Crippen molar-refractivity contribution in [2.45, 2.75) is 18.9 Å². The molecule has 5 heteroatoms. The fourth-order valence-corrected chi connectivity index (χ4v) is 1.51. The van der Waals surface area contributed by atoms with E-state index < -0.39 is 0 Å². The van der Waals surface area contributed by atoms with Gasteiger partial charge in [0.25, 0.3) is 0 Å². The Morgan fingerprint density at radius 2 is 1.88 bits per heavy atom. The molecule has 0 amide bonds. The van der Waals surface area contributed by atoms with Crippen molar-refractivity contribution in [1.29, 1.82) is 0 Å². The highest BCUT2D eigenvalue weighted by Gasteiger charge is 2.21. The zero-order valence-corrected chi connectivity index (χ0v) is 9.30. The second kappa shape index (κ2) is 4.37. The summed E-state index contributed by atoms with van der Waals surface area (Å²) in [5.41, 5.74) is 0. The Morgan fingerprint density at radius 1 is 1.00 bits per heavy atom. The molecule has 0 radical (unpaired) electrons. The van der Waals surface area contributed by atoms with Crippen LogP contribution < -0.4 is 10.6 Å². The third-order valence-corrected chi connectivity index (χ3v) is 2.52. The van der Waals surface area contributed by atoms with Gasteiger partial charge in [-0.05, 0) is 25.0 Å². The highest BCUT2D eigenvalue weighted by molar-refractivity contribution is 5.55. The summed E-state index contributed by atoms with van der Waals surface area (Å²) in [5.74, 6) is 2.39. The van der Waals surface area contributed by atoms with Crippen LogP contribution in [0.3, 0.4) is 0 Å². The molecule has 1 aliphatic carbocycles. The third-order valence-electron chi connectivity index (χ3n) is 2.52. The predicted molar refractivity (Wildman–Crippen MR) is 66.2 cm³/mol. The molecule has 2 heterocycles. The molecule has 3 rings (SSSR count). The molecule has 2 aromatic rings. The first-order valence-corrected chi connectivity index (χ1v) is 5.67. The van der Waals surface area contributed by atoms with Crippen molar-refractivity contribution >= 4 is 17.5 Å². The average Bonchev–Trinajstić information content (AvgIpc) is 3.15. The van der Waals surface area contributed by atoms with Crippen molar-refractivity contribution in [3.8, 4) is 0 Å². The molecule has 0 unspecified atom stereocenters. The smallest absolute Gasteiger partial charge is 0.137 e. The van der Waals surface area contributed by atoms with Crippen LogP contribution in [0, 0.1) is 0 Å². The van der Waals surface area contributed by atoms with Gasteiger partial charge in [-0.2, -0.15) is 0 Å². The van der Waals surface area contributed by atoms with Crippen LogP contribution in [-0.4, -0.2) is 21.0 Å². The molecule has 0 aliphatic heterocycles. The minimum Gasteiger partial charge on any atom is -0.367 e. The van der Waals surface area contributed by atoms with Gasteiger partial charge in [-0.25, -0.2) is 15.0 Å². The van der Waals surface area contributed by atoms with Crippen LogP contribution >= 0.6 is 0 Å². The molecule has 5 nitrogen and oxygen atoms in total. The Balaban J connectivity index is 1.73. The summed E-state index contributed by atoms with van der Waals surface area (Å²) in [6.07, 6.45) is 5.75. The van der Waals surface area contributed by atoms with E-state index in [9.17, 15) is 0 Å². The largest absolute Gasteiger partial charge is 0.367 e. The fraction of sp³-hybridized carbons (Fsp3) is 0.250. The van der Waals surface area contributed by atoms with E-state index in [0.29, 0.717) is 6.04 Å². The molecular weight excluding hydrogens is 214 g/mol. The first-order chi connectivity index (χ1) is 8.40. The number of rotatable bonds is 4. The summed E-state index contributed by atoms with van der Waals surface area (Å²) in [5, 5.41) is 6.47. The van der Waals surface area contributed by atoms with Crippen LogP contribution in [0.15, 0.2) is 36.8 Å². The van der Waals surface area contributed by atoms with E-state index in [4.69, 9.17) is 0 Å². The van der Waals surface area contributed by atoms with Gasteiger partial charge in [-0.15, -0.1) is 0 Å².